The van der Waals surface area contributed by atoms with Gasteiger partial charge in [0.1, 0.15) is 10.1 Å². The first-order valence-corrected chi connectivity index (χ1v) is 9.07. The molecule has 0 aliphatic carbocycles. The molecule has 3 rings (SSSR count). The first-order valence-electron chi connectivity index (χ1n) is 7.31. The van der Waals surface area contributed by atoms with E-state index in [9.17, 15) is 9.59 Å². The van der Waals surface area contributed by atoms with Gasteiger partial charge in [0.2, 0.25) is 0 Å². The van der Waals surface area contributed by atoms with Crippen molar-refractivity contribution < 1.29 is 9.53 Å². The van der Waals surface area contributed by atoms with Crippen molar-refractivity contribution in [3.8, 4) is 11.1 Å². The molecule has 0 N–H and O–H groups in total. The van der Waals surface area contributed by atoms with E-state index < -0.39 is 5.25 Å². The molecule has 0 saturated heterocycles. The largest absolute Gasteiger partial charge is 0.468 e. The van der Waals surface area contributed by atoms with Crippen molar-refractivity contribution in [1.82, 2.24) is 9.55 Å². The predicted octanol–water partition coefficient (Wildman–Crippen LogP) is 3.32. The minimum absolute atomic E-state index is 0.111. The second kappa shape index (κ2) is 6.78. The first kappa shape index (κ1) is 16.7. The molecular formula is C17H16N2O3S2. The maximum atomic E-state index is 12.8. The minimum Gasteiger partial charge on any atom is -0.468 e. The van der Waals surface area contributed by atoms with Gasteiger partial charge in [-0.15, -0.1) is 11.3 Å². The van der Waals surface area contributed by atoms with E-state index in [0.29, 0.717) is 15.4 Å². The number of ether oxygens (including phenoxy) is 1. The van der Waals surface area contributed by atoms with Crippen LogP contribution in [0.2, 0.25) is 0 Å². The Bertz CT molecular complexity index is 948. The van der Waals surface area contributed by atoms with E-state index in [-0.39, 0.29) is 11.5 Å². The highest BCUT2D eigenvalue weighted by molar-refractivity contribution is 8.00. The van der Waals surface area contributed by atoms with E-state index in [1.54, 1.807) is 14.0 Å². The van der Waals surface area contributed by atoms with Gasteiger partial charge in [-0.2, -0.15) is 0 Å². The Labute approximate surface area is 147 Å². The van der Waals surface area contributed by atoms with Crippen LogP contribution in [0.3, 0.4) is 0 Å². The third kappa shape index (κ3) is 2.97. The number of thiophene rings is 1. The highest BCUT2D eigenvalue weighted by Gasteiger charge is 2.20. The average molecular weight is 360 g/mol. The molecule has 0 fully saturated rings. The zero-order chi connectivity index (χ0) is 17.3. The summed E-state index contributed by atoms with van der Waals surface area (Å²) in [4.78, 5) is 29.7. The van der Waals surface area contributed by atoms with E-state index in [1.807, 2.05) is 35.7 Å². The van der Waals surface area contributed by atoms with Crippen molar-refractivity contribution in [2.75, 3.05) is 7.11 Å². The molecule has 0 aliphatic rings. The standard InChI is InChI=1S/C17H16N2O3S2/c1-10(16(21)22-3)24-17-18-14-13(15(20)19(17)2)12(9-23-14)11-7-5-4-6-8-11/h4-10H,1-3H3/t10-/m1/s1. The molecule has 0 spiro atoms. The molecule has 7 heteroatoms. The topological polar surface area (TPSA) is 61.2 Å². The summed E-state index contributed by atoms with van der Waals surface area (Å²) in [6.45, 7) is 1.73. The lowest BCUT2D eigenvalue weighted by Crippen LogP contribution is -2.22. The Hall–Kier alpha value is -2.12. The molecule has 2 heterocycles. The maximum Gasteiger partial charge on any atom is 0.318 e. The molecule has 3 aromatic rings. The first-order chi connectivity index (χ1) is 11.5. The number of rotatable bonds is 4. The Balaban J connectivity index is 2.10. The fourth-order valence-corrected chi connectivity index (χ4v) is 4.25. The molecule has 1 aromatic carbocycles. The number of carbonyl (C=O) groups is 1. The minimum atomic E-state index is -0.431. The van der Waals surface area contributed by atoms with Crippen LogP contribution >= 0.6 is 23.1 Å². The number of hydrogen-bond acceptors (Lipinski definition) is 6. The number of nitrogens with zero attached hydrogens (tertiary/aromatic N) is 2. The second-order valence-electron chi connectivity index (χ2n) is 5.24. The van der Waals surface area contributed by atoms with Crippen LogP contribution in [0.4, 0.5) is 0 Å². The van der Waals surface area contributed by atoms with Crippen LogP contribution in [0, 0.1) is 0 Å². The number of thioether (sulfide) groups is 1. The number of methoxy groups -OCH3 is 1. The van der Waals surface area contributed by atoms with Crippen LogP contribution < -0.4 is 5.56 Å². The third-order valence-electron chi connectivity index (χ3n) is 3.67. The lowest BCUT2D eigenvalue weighted by molar-refractivity contribution is -0.139. The van der Waals surface area contributed by atoms with Crippen LogP contribution in [-0.4, -0.2) is 27.9 Å². The quantitative estimate of drug-likeness (QED) is 0.406. The van der Waals surface area contributed by atoms with Gasteiger partial charge in [-0.3, -0.25) is 14.2 Å². The highest BCUT2D eigenvalue weighted by Crippen LogP contribution is 2.32. The van der Waals surface area contributed by atoms with Crippen molar-refractivity contribution in [1.29, 1.82) is 0 Å². The predicted molar refractivity (Wildman–Crippen MR) is 97.6 cm³/mol. The Morgan fingerprint density at radius 3 is 2.71 bits per heavy atom. The molecule has 124 valence electrons. The van der Waals surface area contributed by atoms with E-state index in [2.05, 4.69) is 4.98 Å². The fraction of sp³-hybridized carbons (Fsp3) is 0.235. The summed E-state index contributed by atoms with van der Waals surface area (Å²) in [5, 5.41) is 2.64. The molecule has 2 aromatic heterocycles. The van der Waals surface area contributed by atoms with Crippen LogP contribution in [-0.2, 0) is 16.6 Å². The summed E-state index contributed by atoms with van der Waals surface area (Å²) in [5.41, 5.74) is 1.77. The molecular weight excluding hydrogens is 344 g/mol. The van der Waals surface area contributed by atoms with Gasteiger partial charge >= 0.3 is 5.97 Å². The van der Waals surface area contributed by atoms with Gasteiger partial charge in [0, 0.05) is 18.0 Å². The van der Waals surface area contributed by atoms with Gasteiger partial charge in [0.15, 0.2) is 5.16 Å². The number of esters is 1. The van der Waals surface area contributed by atoms with Crippen molar-refractivity contribution in [2.45, 2.75) is 17.3 Å². The Kier molecular flexibility index (Phi) is 4.73. The van der Waals surface area contributed by atoms with Crippen LogP contribution in [0.5, 0.6) is 0 Å². The fourth-order valence-electron chi connectivity index (χ4n) is 2.36. The zero-order valence-corrected chi connectivity index (χ0v) is 15.1. The molecule has 0 amide bonds. The summed E-state index contributed by atoms with van der Waals surface area (Å²) >= 11 is 2.65. The van der Waals surface area contributed by atoms with Gasteiger partial charge in [-0.1, -0.05) is 42.1 Å². The van der Waals surface area contributed by atoms with Crippen LogP contribution in [0.1, 0.15) is 6.92 Å². The molecule has 0 radical (unpaired) electrons. The van der Waals surface area contributed by atoms with Crippen LogP contribution in [0.15, 0.2) is 45.7 Å². The third-order valence-corrected chi connectivity index (χ3v) is 5.67. The Morgan fingerprint density at radius 2 is 2.04 bits per heavy atom. The normalized spacial score (nSPS) is 12.3. The smallest absolute Gasteiger partial charge is 0.318 e. The van der Waals surface area contributed by atoms with Gasteiger partial charge in [0.05, 0.1) is 12.5 Å². The van der Waals surface area contributed by atoms with E-state index >= 15 is 0 Å². The van der Waals surface area contributed by atoms with E-state index in [0.717, 1.165) is 11.1 Å². The van der Waals surface area contributed by atoms with Crippen LogP contribution in [0.25, 0.3) is 21.3 Å². The van der Waals surface area contributed by atoms with Gasteiger partial charge < -0.3 is 4.74 Å². The van der Waals surface area contributed by atoms with Gasteiger partial charge in [-0.25, -0.2) is 4.98 Å². The zero-order valence-electron chi connectivity index (χ0n) is 13.5. The molecule has 0 bridgehead atoms. The summed E-state index contributed by atoms with van der Waals surface area (Å²) in [6, 6.07) is 9.78. The SMILES string of the molecule is COC(=O)[C@@H](C)Sc1nc2scc(-c3ccccc3)c2c(=O)n1C. The molecule has 0 aliphatic heterocycles. The second-order valence-corrected chi connectivity index (χ2v) is 7.40. The number of benzene rings is 1. The molecule has 0 saturated carbocycles. The van der Waals surface area contributed by atoms with E-state index in [1.165, 1.54) is 34.8 Å². The molecule has 1 atom stereocenters. The van der Waals surface area contributed by atoms with Gasteiger partial charge in [-0.05, 0) is 12.5 Å². The lowest BCUT2D eigenvalue weighted by Gasteiger charge is -2.11. The summed E-state index contributed by atoms with van der Waals surface area (Å²) in [5.74, 6) is -0.342. The van der Waals surface area contributed by atoms with Crippen molar-refractivity contribution >= 4 is 39.3 Å². The van der Waals surface area contributed by atoms with Crippen molar-refractivity contribution in [3.05, 3.63) is 46.1 Å². The average Bonchev–Trinajstić information content (AvgIpc) is 3.03. The monoisotopic (exact) mass is 360 g/mol. The van der Waals surface area contributed by atoms with Crippen molar-refractivity contribution in [3.63, 3.8) is 0 Å². The number of fused-ring (bicyclic) bond motifs is 1. The summed E-state index contributed by atoms with van der Waals surface area (Å²) in [7, 11) is 3.02. The maximum absolute atomic E-state index is 12.8. The number of aromatic nitrogens is 2. The summed E-state index contributed by atoms with van der Waals surface area (Å²) < 4.78 is 6.22. The number of hydrogen-bond donors (Lipinski definition) is 0. The highest BCUT2D eigenvalue weighted by atomic mass is 32.2. The number of carbonyl (C=O) groups excluding carboxylic acids is 1. The lowest BCUT2D eigenvalue weighted by atomic mass is 10.1. The molecule has 0 unspecified atom stereocenters. The molecule has 24 heavy (non-hydrogen) atoms. The van der Waals surface area contributed by atoms with Crippen molar-refractivity contribution in [2.24, 2.45) is 7.05 Å². The van der Waals surface area contributed by atoms with E-state index in [4.69, 9.17) is 4.74 Å². The Morgan fingerprint density at radius 1 is 1.33 bits per heavy atom. The summed E-state index contributed by atoms with van der Waals surface area (Å²) in [6.07, 6.45) is 0. The van der Waals surface area contributed by atoms with Gasteiger partial charge in [0.25, 0.3) is 5.56 Å². The molecule has 5 nitrogen and oxygen atoms in total.